The van der Waals surface area contributed by atoms with Crippen LogP contribution in [0.3, 0.4) is 0 Å². The second-order valence-electron chi connectivity index (χ2n) is 6.11. The van der Waals surface area contributed by atoms with E-state index in [1.165, 1.54) is 11.1 Å². The Morgan fingerprint density at radius 3 is 2.30 bits per heavy atom. The third-order valence-electron chi connectivity index (χ3n) is 4.26. The van der Waals surface area contributed by atoms with Crippen molar-refractivity contribution in [2.75, 3.05) is 5.32 Å². The minimum atomic E-state index is 0.0124. The van der Waals surface area contributed by atoms with E-state index in [1.54, 1.807) is 11.5 Å². The third-order valence-corrected chi connectivity index (χ3v) is 4.26. The zero-order valence-electron chi connectivity index (χ0n) is 14.3. The molecule has 0 unspecified atom stereocenters. The number of anilines is 2. The molecule has 4 nitrogen and oxygen atoms in total. The number of hydrogen-bond acceptors (Lipinski definition) is 2. The Balaban J connectivity index is 2.27. The molecule has 1 aromatic carbocycles. The molecule has 0 saturated carbocycles. The van der Waals surface area contributed by atoms with Crippen molar-refractivity contribution in [1.29, 1.82) is 0 Å². The molecule has 3 rings (SSSR count). The summed E-state index contributed by atoms with van der Waals surface area (Å²) in [5, 5.41) is 3.54. The number of nitrogens with zero attached hydrogens (tertiary/aromatic N) is 2. The minimum Gasteiger partial charge on any atom is -0.270 e. The summed E-state index contributed by atoms with van der Waals surface area (Å²) in [6.07, 6.45) is 2.05. The SMILES string of the molecule is CC(=O)n1c(C)c(Nc2c(C)cccc2C)[n+]2cc(C)ccc12. The van der Waals surface area contributed by atoms with Crippen LogP contribution in [0, 0.1) is 27.7 Å². The number of para-hydroxylation sites is 1. The van der Waals surface area contributed by atoms with Crippen LogP contribution in [-0.2, 0) is 0 Å². The van der Waals surface area contributed by atoms with E-state index in [1.807, 2.05) is 19.1 Å². The number of aryl methyl sites for hydroxylation is 3. The number of imidazole rings is 1. The molecule has 0 aliphatic rings. The second kappa shape index (κ2) is 5.54. The van der Waals surface area contributed by atoms with E-state index in [9.17, 15) is 4.79 Å². The van der Waals surface area contributed by atoms with Gasteiger partial charge in [0.15, 0.2) is 5.69 Å². The Bertz CT molecular complexity index is 902. The average molecular weight is 308 g/mol. The fraction of sp³-hybridized carbons (Fsp3) is 0.263. The summed E-state index contributed by atoms with van der Waals surface area (Å²) in [6, 6.07) is 10.2. The van der Waals surface area contributed by atoms with E-state index < -0.39 is 0 Å². The molecule has 23 heavy (non-hydrogen) atoms. The van der Waals surface area contributed by atoms with E-state index in [0.717, 1.165) is 28.4 Å². The Labute approximate surface area is 136 Å². The fourth-order valence-corrected chi connectivity index (χ4v) is 3.09. The summed E-state index contributed by atoms with van der Waals surface area (Å²) in [6.45, 7) is 9.79. The molecular weight excluding hydrogens is 286 g/mol. The van der Waals surface area contributed by atoms with Gasteiger partial charge in [0, 0.05) is 13.0 Å². The van der Waals surface area contributed by atoms with Gasteiger partial charge in [0.1, 0.15) is 5.69 Å². The van der Waals surface area contributed by atoms with Gasteiger partial charge in [-0.05, 0) is 50.5 Å². The smallest absolute Gasteiger partial charge is 0.270 e. The largest absolute Gasteiger partial charge is 0.284 e. The summed E-state index contributed by atoms with van der Waals surface area (Å²) in [5.41, 5.74) is 6.38. The maximum atomic E-state index is 12.1. The molecule has 0 atom stereocenters. The van der Waals surface area contributed by atoms with E-state index in [2.05, 4.69) is 54.9 Å². The number of hydrogen-bond donors (Lipinski definition) is 1. The highest BCUT2D eigenvalue weighted by Crippen LogP contribution is 2.26. The molecule has 2 aromatic heterocycles. The van der Waals surface area contributed by atoms with Gasteiger partial charge in [0.2, 0.25) is 5.65 Å². The molecule has 4 heteroatoms. The maximum Gasteiger partial charge on any atom is 0.284 e. The number of benzene rings is 1. The quantitative estimate of drug-likeness (QED) is 0.730. The van der Waals surface area contributed by atoms with E-state index in [0.29, 0.717) is 0 Å². The Hall–Kier alpha value is -2.62. The lowest BCUT2D eigenvalue weighted by molar-refractivity contribution is -0.495. The van der Waals surface area contributed by atoms with Crippen LogP contribution in [0.25, 0.3) is 5.65 Å². The van der Waals surface area contributed by atoms with Gasteiger partial charge >= 0.3 is 0 Å². The van der Waals surface area contributed by atoms with Gasteiger partial charge in [-0.2, -0.15) is 4.57 Å². The highest BCUT2D eigenvalue weighted by Gasteiger charge is 2.25. The van der Waals surface area contributed by atoms with Crippen molar-refractivity contribution in [3.63, 3.8) is 0 Å². The highest BCUT2D eigenvalue weighted by molar-refractivity contribution is 5.82. The van der Waals surface area contributed by atoms with Gasteiger partial charge in [-0.1, -0.05) is 18.2 Å². The minimum absolute atomic E-state index is 0.0124. The predicted molar refractivity (Wildman–Crippen MR) is 92.6 cm³/mol. The number of pyridine rings is 1. The van der Waals surface area contributed by atoms with Crippen molar-refractivity contribution in [1.82, 2.24) is 4.57 Å². The van der Waals surface area contributed by atoms with Gasteiger partial charge in [0.05, 0.1) is 6.20 Å². The molecule has 0 aliphatic carbocycles. The first kappa shape index (κ1) is 15.3. The first-order valence-corrected chi connectivity index (χ1v) is 7.77. The van der Waals surface area contributed by atoms with Crippen molar-refractivity contribution in [2.45, 2.75) is 34.6 Å². The summed E-state index contributed by atoms with van der Waals surface area (Å²) in [5.74, 6) is 0.940. The average Bonchev–Trinajstić information content (AvgIpc) is 2.75. The lowest BCUT2D eigenvalue weighted by Gasteiger charge is -2.08. The van der Waals surface area contributed by atoms with Gasteiger partial charge in [-0.25, -0.2) is 4.40 Å². The van der Waals surface area contributed by atoms with E-state index in [-0.39, 0.29) is 5.91 Å². The molecular formula is C19H22N3O+. The van der Waals surface area contributed by atoms with Gasteiger partial charge in [0.25, 0.3) is 11.7 Å². The Kier molecular flexibility index (Phi) is 3.68. The topological polar surface area (TPSA) is 38.1 Å². The number of rotatable bonds is 2. The molecule has 2 heterocycles. The first-order valence-electron chi connectivity index (χ1n) is 7.77. The monoisotopic (exact) mass is 308 g/mol. The molecule has 1 N–H and O–H groups in total. The zero-order chi connectivity index (χ0) is 16.7. The highest BCUT2D eigenvalue weighted by atomic mass is 16.1. The second-order valence-corrected chi connectivity index (χ2v) is 6.11. The first-order chi connectivity index (χ1) is 10.9. The Morgan fingerprint density at radius 2 is 1.70 bits per heavy atom. The number of nitrogens with one attached hydrogen (secondary N) is 1. The summed E-state index contributed by atoms with van der Waals surface area (Å²) in [7, 11) is 0. The van der Waals surface area contributed by atoms with Crippen LogP contribution in [0.4, 0.5) is 11.5 Å². The maximum absolute atomic E-state index is 12.1. The molecule has 0 amide bonds. The summed E-state index contributed by atoms with van der Waals surface area (Å²) in [4.78, 5) is 12.1. The van der Waals surface area contributed by atoms with Crippen molar-refractivity contribution in [2.24, 2.45) is 0 Å². The van der Waals surface area contributed by atoms with Crippen molar-refractivity contribution in [3.8, 4) is 0 Å². The van der Waals surface area contributed by atoms with Crippen molar-refractivity contribution in [3.05, 3.63) is 58.9 Å². The molecule has 0 bridgehead atoms. The van der Waals surface area contributed by atoms with Crippen LogP contribution in [0.5, 0.6) is 0 Å². The van der Waals surface area contributed by atoms with E-state index in [4.69, 9.17) is 0 Å². The fourth-order valence-electron chi connectivity index (χ4n) is 3.09. The lowest BCUT2D eigenvalue weighted by atomic mass is 10.1. The molecule has 0 radical (unpaired) electrons. The summed E-state index contributed by atoms with van der Waals surface area (Å²) < 4.78 is 3.80. The van der Waals surface area contributed by atoms with Gasteiger partial charge in [-0.15, -0.1) is 0 Å². The van der Waals surface area contributed by atoms with Crippen molar-refractivity contribution < 1.29 is 9.20 Å². The zero-order valence-corrected chi connectivity index (χ0v) is 14.3. The van der Waals surface area contributed by atoms with E-state index >= 15 is 0 Å². The number of carbonyl (C=O) groups excluding carboxylic acids is 1. The Morgan fingerprint density at radius 1 is 1.04 bits per heavy atom. The van der Waals surface area contributed by atoms with Crippen LogP contribution in [0.2, 0.25) is 0 Å². The third kappa shape index (κ3) is 2.50. The molecule has 0 saturated heterocycles. The number of aromatic nitrogens is 2. The number of fused-ring (bicyclic) bond motifs is 1. The standard InChI is InChI=1S/C19H22N3O/c1-12-9-10-17-21(11-12)19(15(4)22(17)16(5)23)20-18-13(2)7-6-8-14(18)3/h6-11,20H,1-5H3/q+1. The van der Waals surface area contributed by atoms with Crippen LogP contribution in [0.1, 0.15) is 34.1 Å². The van der Waals surface area contributed by atoms with Crippen LogP contribution >= 0.6 is 0 Å². The van der Waals surface area contributed by atoms with Crippen LogP contribution in [0.15, 0.2) is 36.5 Å². The predicted octanol–water partition coefficient (Wildman–Crippen LogP) is 3.86. The van der Waals surface area contributed by atoms with Crippen LogP contribution < -0.4 is 9.72 Å². The summed E-state index contributed by atoms with van der Waals surface area (Å²) >= 11 is 0. The number of carbonyl (C=O) groups is 1. The normalized spacial score (nSPS) is 11.0. The molecule has 0 aliphatic heterocycles. The van der Waals surface area contributed by atoms with Crippen molar-refractivity contribution >= 4 is 23.1 Å². The molecule has 0 fully saturated rings. The molecule has 118 valence electrons. The van der Waals surface area contributed by atoms with Gasteiger partial charge < -0.3 is 0 Å². The van der Waals surface area contributed by atoms with Gasteiger partial charge in [-0.3, -0.25) is 10.1 Å². The molecule has 3 aromatic rings. The molecule has 0 spiro atoms. The lowest BCUT2D eigenvalue weighted by Crippen LogP contribution is -2.24. The van der Waals surface area contributed by atoms with Crippen LogP contribution in [-0.4, -0.2) is 10.5 Å².